The van der Waals surface area contributed by atoms with E-state index in [2.05, 4.69) is 17.2 Å². The maximum Gasteiger partial charge on any atom is 0.321 e. The number of alkyl halides is 1. The van der Waals surface area contributed by atoms with Gasteiger partial charge in [-0.15, -0.1) is 6.58 Å². The number of nitrogens with one attached hydrogen (secondary N) is 2. The molecule has 2 N–H and O–H groups in total. The van der Waals surface area contributed by atoms with Gasteiger partial charge < -0.3 is 5.32 Å². The number of hydrogen-bond acceptors (Lipinski definition) is 2. The largest absolute Gasteiger partial charge is 0.334 e. The molecule has 0 aliphatic heterocycles. The van der Waals surface area contributed by atoms with Crippen LogP contribution in [0, 0.1) is 0 Å². The molecule has 0 aromatic heterocycles. The summed E-state index contributed by atoms with van der Waals surface area (Å²) in [6.45, 7) is 3.76. The van der Waals surface area contributed by atoms with Gasteiger partial charge in [0.1, 0.15) is 0 Å². The van der Waals surface area contributed by atoms with Crippen LogP contribution >= 0.6 is 22.6 Å². The van der Waals surface area contributed by atoms with E-state index in [1.807, 2.05) is 22.6 Å². The van der Waals surface area contributed by atoms with Crippen molar-refractivity contribution in [2.24, 2.45) is 0 Å². The van der Waals surface area contributed by atoms with Gasteiger partial charge in [-0.25, -0.2) is 4.79 Å². The van der Waals surface area contributed by atoms with E-state index in [4.69, 9.17) is 0 Å². The first kappa shape index (κ1) is 10.4. The van der Waals surface area contributed by atoms with E-state index in [1.165, 1.54) is 6.08 Å². The molecule has 0 aromatic carbocycles. The van der Waals surface area contributed by atoms with Gasteiger partial charge in [-0.05, 0) is 0 Å². The quantitative estimate of drug-likeness (QED) is 0.443. The maximum absolute atomic E-state index is 10.7. The summed E-state index contributed by atoms with van der Waals surface area (Å²) in [5, 5.41) is 4.53. The number of rotatable bonds is 3. The Morgan fingerprint density at radius 2 is 2.18 bits per heavy atom. The van der Waals surface area contributed by atoms with Crippen LogP contribution in [0.15, 0.2) is 12.7 Å². The SMILES string of the molecule is C=CCNC(=O)NC(=O)CI. The van der Waals surface area contributed by atoms with Crippen molar-refractivity contribution in [3.05, 3.63) is 12.7 Å². The molecule has 0 spiro atoms. The lowest BCUT2D eigenvalue weighted by molar-refractivity contribution is -0.117. The van der Waals surface area contributed by atoms with E-state index in [-0.39, 0.29) is 10.3 Å². The van der Waals surface area contributed by atoms with Gasteiger partial charge in [0.15, 0.2) is 0 Å². The lowest BCUT2D eigenvalue weighted by Crippen LogP contribution is -2.39. The Bertz CT molecular complexity index is 170. The maximum atomic E-state index is 10.7. The van der Waals surface area contributed by atoms with Crippen LogP contribution in [0.1, 0.15) is 0 Å². The lowest BCUT2D eigenvalue weighted by Gasteiger charge is -2.01. The molecule has 0 rings (SSSR count). The topological polar surface area (TPSA) is 58.2 Å². The number of carbonyl (C=O) groups excluding carboxylic acids is 2. The van der Waals surface area contributed by atoms with E-state index in [9.17, 15) is 9.59 Å². The molecule has 0 saturated carbocycles. The van der Waals surface area contributed by atoms with Crippen LogP contribution in [0.25, 0.3) is 0 Å². The van der Waals surface area contributed by atoms with Crippen LogP contribution in [0.2, 0.25) is 0 Å². The van der Waals surface area contributed by atoms with Crippen molar-refractivity contribution in [1.29, 1.82) is 0 Å². The molecule has 0 heterocycles. The van der Waals surface area contributed by atoms with Crippen molar-refractivity contribution in [2.75, 3.05) is 11.0 Å². The fourth-order valence-corrected chi connectivity index (χ4v) is 0.560. The fourth-order valence-electron chi connectivity index (χ4n) is 0.369. The summed E-state index contributed by atoms with van der Waals surface area (Å²) in [7, 11) is 0. The Hall–Kier alpha value is -0.590. The molecule has 0 unspecified atom stereocenters. The van der Waals surface area contributed by atoms with Crippen molar-refractivity contribution in [3.8, 4) is 0 Å². The Morgan fingerprint density at radius 1 is 1.55 bits per heavy atom. The number of halogens is 1. The highest BCUT2D eigenvalue weighted by Gasteiger charge is 2.02. The van der Waals surface area contributed by atoms with Crippen molar-refractivity contribution in [3.63, 3.8) is 0 Å². The normalized spacial score (nSPS) is 8.45. The van der Waals surface area contributed by atoms with Crippen molar-refractivity contribution in [2.45, 2.75) is 0 Å². The summed E-state index contributed by atoms with van der Waals surface area (Å²) in [6.07, 6.45) is 1.54. The predicted octanol–water partition coefficient (Wildman–Crippen LogP) is 0.433. The van der Waals surface area contributed by atoms with Gasteiger partial charge in [-0.3, -0.25) is 10.1 Å². The average Bonchev–Trinajstić information content (AvgIpc) is 2.00. The zero-order valence-corrected chi connectivity index (χ0v) is 8.05. The molecule has 0 radical (unpaired) electrons. The predicted molar refractivity (Wildman–Crippen MR) is 50.6 cm³/mol. The van der Waals surface area contributed by atoms with Crippen molar-refractivity contribution < 1.29 is 9.59 Å². The minimum absolute atomic E-state index is 0.277. The van der Waals surface area contributed by atoms with Crippen LogP contribution in [-0.2, 0) is 4.79 Å². The third-order valence-corrected chi connectivity index (χ3v) is 1.47. The Morgan fingerprint density at radius 3 is 2.64 bits per heavy atom. The highest BCUT2D eigenvalue weighted by atomic mass is 127. The van der Waals surface area contributed by atoms with Crippen LogP contribution in [0.5, 0.6) is 0 Å². The van der Waals surface area contributed by atoms with E-state index in [0.717, 1.165) is 0 Å². The summed E-state index contributed by atoms with van der Waals surface area (Å²) in [4.78, 5) is 21.3. The molecule has 0 atom stereocenters. The van der Waals surface area contributed by atoms with Crippen LogP contribution in [0.4, 0.5) is 4.79 Å². The first-order valence-electron chi connectivity index (χ1n) is 2.95. The summed E-state index contributed by atoms with van der Waals surface area (Å²) >= 11 is 1.87. The number of carbonyl (C=O) groups is 2. The number of imide groups is 1. The smallest absolute Gasteiger partial charge is 0.321 e. The molecule has 0 bridgehead atoms. The lowest BCUT2D eigenvalue weighted by atomic mass is 10.6. The molecule has 0 fully saturated rings. The molecular formula is C6H9IN2O2. The van der Waals surface area contributed by atoms with Crippen molar-refractivity contribution >= 4 is 34.5 Å². The standard InChI is InChI=1S/C6H9IN2O2/c1-2-3-8-6(11)9-5(10)4-7/h2H,1,3-4H2,(H2,8,9,10,11). The van der Waals surface area contributed by atoms with Gasteiger partial charge in [0.25, 0.3) is 0 Å². The minimum Gasteiger partial charge on any atom is -0.334 e. The molecule has 3 amide bonds. The third kappa shape index (κ3) is 5.84. The van der Waals surface area contributed by atoms with Gasteiger partial charge in [-0.2, -0.15) is 0 Å². The highest BCUT2D eigenvalue weighted by Crippen LogP contribution is 1.78. The second-order valence-corrected chi connectivity index (χ2v) is 2.44. The van der Waals surface area contributed by atoms with E-state index < -0.39 is 6.03 Å². The molecule has 0 aliphatic rings. The summed E-state index contributed by atoms with van der Waals surface area (Å²) in [5.41, 5.74) is 0. The van der Waals surface area contributed by atoms with E-state index in [1.54, 1.807) is 0 Å². The fraction of sp³-hybridized carbons (Fsp3) is 0.333. The van der Waals surface area contributed by atoms with Gasteiger partial charge >= 0.3 is 6.03 Å². The second-order valence-electron chi connectivity index (χ2n) is 1.68. The minimum atomic E-state index is -0.480. The molecule has 62 valence electrons. The van der Waals surface area contributed by atoms with Crippen LogP contribution in [-0.4, -0.2) is 22.9 Å². The highest BCUT2D eigenvalue weighted by molar-refractivity contribution is 14.1. The van der Waals surface area contributed by atoms with Crippen LogP contribution < -0.4 is 10.6 Å². The zero-order valence-electron chi connectivity index (χ0n) is 5.89. The first-order chi connectivity index (χ1) is 5.20. The molecule has 11 heavy (non-hydrogen) atoms. The summed E-state index contributed by atoms with van der Waals surface area (Å²) < 4.78 is 0.277. The molecule has 0 saturated heterocycles. The zero-order chi connectivity index (χ0) is 8.69. The summed E-state index contributed by atoms with van der Waals surface area (Å²) in [5.74, 6) is -0.299. The molecule has 4 nitrogen and oxygen atoms in total. The van der Waals surface area contributed by atoms with E-state index >= 15 is 0 Å². The van der Waals surface area contributed by atoms with Crippen molar-refractivity contribution in [1.82, 2.24) is 10.6 Å². The number of urea groups is 1. The third-order valence-electron chi connectivity index (χ3n) is 0.781. The number of amides is 3. The first-order valence-corrected chi connectivity index (χ1v) is 4.47. The molecule has 0 aromatic rings. The Kier molecular flexibility index (Phi) is 5.81. The monoisotopic (exact) mass is 268 g/mol. The van der Waals surface area contributed by atoms with Gasteiger partial charge in [0, 0.05) is 6.54 Å². The summed E-state index contributed by atoms with van der Waals surface area (Å²) in [6, 6.07) is -0.480. The van der Waals surface area contributed by atoms with Gasteiger partial charge in [-0.1, -0.05) is 28.7 Å². The molecule has 5 heteroatoms. The Balaban J connectivity index is 3.51. The van der Waals surface area contributed by atoms with Gasteiger partial charge in [0.2, 0.25) is 5.91 Å². The van der Waals surface area contributed by atoms with Gasteiger partial charge in [0.05, 0.1) is 4.43 Å². The molecule has 0 aliphatic carbocycles. The number of hydrogen-bond donors (Lipinski definition) is 2. The van der Waals surface area contributed by atoms with E-state index in [0.29, 0.717) is 6.54 Å². The molecular weight excluding hydrogens is 259 g/mol. The average molecular weight is 268 g/mol. The van der Waals surface area contributed by atoms with Crippen LogP contribution in [0.3, 0.4) is 0 Å². The second kappa shape index (κ2) is 6.14. The Labute approximate surface area is 78.6 Å².